The molecule has 0 spiro atoms. The van der Waals surface area contributed by atoms with Gasteiger partial charge in [-0.1, -0.05) is 30.3 Å². The van der Waals surface area contributed by atoms with E-state index in [2.05, 4.69) is 13.8 Å². The Morgan fingerprint density at radius 1 is 1.04 bits per heavy atom. The number of hydrogen-bond acceptors (Lipinski definition) is 3. The van der Waals surface area contributed by atoms with Gasteiger partial charge in [0.15, 0.2) is 11.5 Å². The predicted molar refractivity (Wildman–Crippen MR) is 98.0 cm³/mol. The molecule has 1 amide bonds. The highest BCUT2D eigenvalue weighted by atomic mass is 16.5. The zero-order chi connectivity index (χ0) is 18.0. The second-order valence-electron chi connectivity index (χ2n) is 7.11. The van der Waals surface area contributed by atoms with Crippen molar-refractivity contribution < 1.29 is 14.3 Å². The van der Waals surface area contributed by atoms with Gasteiger partial charge in [-0.15, -0.1) is 0 Å². The average molecular weight is 339 g/mol. The average Bonchev–Trinajstić information content (AvgIpc) is 2.60. The van der Waals surface area contributed by atoms with Crippen molar-refractivity contribution in [2.45, 2.75) is 38.8 Å². The van der Waals surface area contributed by atoms with E-state index in [4.69, 9.17) is 9.47 Å². The van der Waals surface area contributed by atoms with Crippen molar-refractivity contribution in [1.82, 2.24) is 4.90 Å². The maximum absolute atomic E-state index is 12.9. The van der Waals surface area contributed by atoms with Gasteiger partial charge in [0.1, 0.15) is 0 Å². The summed E-state index contributed by atoms with van der Waals surface area (Å²) in [5.41, 5.74) is 3.14. The lowest BCUT2D eigenvalue weighted by atomic mass is 9.84. The molecule has 0 unspecified atom stereocenters. The molecule has 0 atom stereocenters. The van der Waals surface area contributed by atoms with Crippen molar-refractivity contribution in [3.8, 4) is 11.5 Å². The number of nitrogens with zero attached hydrogens (tertiary/aromatic N) is 1. The Morgan fingerprint density at radius 2 is 1.64 bits per heavy atom. The minimum absolute atomic E-state index is 0.150. The normalized spacial score (nSPS) is 15.4. The van der Waals surface area contributed by atoms with Crippen LogP contribution in [0.4, 0.5) is 0 Å². The molecule has 132 valence electrons. The van der Waals surface area contributed by atoms with Crippen LogP contribution < -0.4 is 9.47 Å². The number of carbonyl (C=O) groups is 1. The Hall–Kier alpha value is -2.49. The predicted octanol–water partition coefficient (Wildman–Crippen LogP) is 3.61. The summed E-state index contributed by atoms with van der Waals surface area (Å²) in [4.78, 5) is 14.9. The molecule has 2 aromatic rings. The van der Waals surface area contributed by atoms with Crippen molar-refractivity contribution in [2.24, 2.45) is 0 Å². The van der Waals surface area contributed by atoms with Crippen molar-refractivity contribution in [3.05, 3.63) is 59.2 Å². The van der Waals surface area contributed by atoms with E-state index >= 15 is 0 Å². The zero-order valence-electron chi connectivity index (χ0n) is 15.3. The topological polar surface area (TPSA) is 38.8 Å². The van der Waals surface area contributed by atoms with E-state index in [9.17, 15) is 4.79 Å². The fourth-order valence-electron chi connectivity index (χ4n) is 3.51. The first-order chi connectivity index (χ1) is 11.9. The van der Waals surface area contributed by atoms with Gasteiger partial charge >= 0.3 is 0 Å². The van der Waals surface area contributed by atoms with Crippen molar-refractivity contribution in [1.29, 1.82) is 0 Å². The van der Waals surface area contributed by atoms with Crippen LogP contribution in [0.1, 0.15) is 30.5 Å². The molecule has 4 nitrogen and oxygen atoms in total. The van der Waals surface area contributed by atoms with E-state index in [1.165, 1.54) is 5.56 Å². The summed E-state index contributed by atoms with van der Waals surface area (Å²) in [6, 6.07) is 13.9. The SMILES string of the molecule is COc1cc2c(cc1OC)CC(C)(C)N(C(=O)Cc1ccccc1)C2. The maximum atomic E-state index is 12.9. The zero-order valence-corrected chi connectivity index (χ0v) is 15.3. The number of carbonyl (C=O) groups excluding carboxylic acids is 1. The number of methoxy groups -OCH3 is 2. The molecule has 4 heteroatoms. The standard InChI is InChI=1S/C21H25NO3/c1-21(2)13-16-11-18(24-3)19(25-4)12-17(16)14-22(21)20(23)10-15-8-6-5-7-9-15/h5-9,11-12H,10,13-14H2,1-4H3. The Bertz CT molecular complexity index is 768. The van der Waals surface area contributed by atoms with Crippen LogP contribution in [0.25, 0.3) is 0 Å². The first kappa shape index (κ1) is 17.3. The van der Waals surface area contributed by atoms with Crippen LogP contribution in [-0.2, 0) is 24.2 Å². The van der Waals surface area contributed by atoms with E-state index in [0.717, 1.165) is 23.3 Å². The Balaban J connectivity index is 1.89. The third-order valence-electron chi connectivity index (χ3n) is 4.89. The third-order valence-corrected chi connectivity index (χ3v) is 4.89. The van der Waals surface area contributed by atoms with Gasteiger partial charge in [0.2, 0.25) is 5.91 Å². The van der Waals surface area contributed by atoms with Crippen LogP contribution in [0, 0.1) is 0 Å². The number of ether oxygens (including phenoxy) is 2. The summed E-state index contributed by atoms with van der Waals surface area (Å²) in [5, 5.41) is 0. The fraction of sp³-hybridized carbons (Fsp3) is 0.381. The maximum Gasteiger partial charge on any atom is 0.227 e. The number of amides is 1. The lowest BCUT2D eigenvalue weighted by molar-refractivity contribution is -0.137. The second-order valence-corrected chi connectivity index (χ2v) is 7.11. The highest BCUT2D eigenvalue weighted by Crippen LogP contribution is 2.38. The van der Waals surface area contributed by atoms with E-state index in [1.54, 1.807) is 14.2 Å². The molecule has 0 aliphatic carbocycles. The molecular formula is C21H25NO3. The summed E-state index contributed by atoms with van der Waals surface area (Å²) in [7, 11) is 3.28. The molecule has 0 radical (unpaired) electrons. The van der Waals surface area contributed by atoms with Gasteiger partial charge in [-0.25, -0.2) is 0 Å². The quantitative estimate of drug-likeness (QED) is 0.854. The largest absolute Gasteiger partial charge is 0.493 e. The molecule has 0 N–H and O–H groups in total. The number of fused-ring (bicyclic) bond motifs is 1. The summed E-state index contributed by atoms with van der Waals surface area (Å²) >= 11 is 0. The second kappa shape index (κ2) is 6.79. The van der Waals surface area contributed by atoms with E-state index < -0.39 is 0 Å². The summed E-state index contributed by atoms with van der Waals surface area (Å²) in [6.07, 6.45) is 1.22. The number of rotatable bonds is 4. The Morgan fingerprint density at radius 3 is 2.24 bits per heavy atom. The minimum atomic E-state index is -0.238. The van der Waals surface area contributed by atoms with E-state index in [-0.39, 0.29) is 11.4 Å². The molecule has 1 aliphatic heterocycles. The summed E-state index contributed by atoms with van der Waals surface area (Å²) in [6.45, 7) is 4.83. The van der Waals surface area contributed by atoms with Gasteiger partial charge in [0.25, 0.3) is 0 Å². The van der Waals surface area contributed by atoms with E-state index in [1.807, 2.05) is 47.4 Å². The third kappa shape index (κ3) is 3.48. The first-order valence-corrected chi connectivity index (χ1v) is 8.53. The van der Waals surface area contributed by atoms with Gasteiger partial charge in [0, 0.05) is 12.1 Å². The van der Waals surface area contributed by atoms with Gasteiger partial charge in [0.05, 0.1) is 20.6 Å². The Labute approximate surface area is 149 Å². The minimum Gasteiger partial charge on any atom is -0.493 e. The molecule has 1 heterocycles. The molecule has 0 saturated heterocycles. The van der Waals surface area contributed by atoms with Crippen LogP contribution in [0.15, 0.2) is 42.5 Å². The highest BCUT2D eigenvalue weighted by Gasteiger charge is 2.36. The molecular weight excluding hydrogens is 314 g/mol. The van der Waals surface area contributed by atoms with Crippen molar-refractivity contribution in [2.75, 3.05) is 14.2 Å². The summed E-state index contributed by atoms with van der Waals surface area (Å²) < 4.78 is 10.8. The Kier molecular flexibility index (Phi) is 4.71. The van der Waals surface area contributed by atoms with E-state index in [0.29, 0.717) is 18.7 Å². The van der Waals surface area contributed by atoms with Gasteiger partial charge in [-0.3, -0.25) is 4.79 Å². The van der Waals surface area contributed by atoms with Crippen molar-refractivity contribution in [3.63, 3.8) is 0 Å². The molecule has 2 aromatic carbocycles. The lowest BCUT2D eigenvalue weighted by Gasteiger charge is -2.43. The number of benzene rings is 2. The van der Waals surface area contributed by atoms with Crippen LogP contribution in [-0.4, -0.2) is 30.6 Å². The molecule has 3 rings (SSSR count). The van der Waals surface area contributed by atoms with Crippen molar-refractivity contribution >= 4 is 5.91 Å². The van der Waals surface area contributed by atoms with Gasteiger partial charge in [-0.05, 0) is 49.1 Å². The molecule has 1 aliphatic rings. The van der Waals surface area contributed by atoms with Crippen LogP contribution in [0.2, 0.25) is 0 Å². The smallest absolute Gasteiger partial charge is 0.227 e. The van der Waals surface area contributed by atoms with Gasteiger partial charge < -0.3 is 14.4 Å². The fourth-order valence-corrected chi connectivity index (χ4v) is 3.51. The molecule has 0 aromatic heterocycles. The molecule has 0 fully saturated rings. The van der Waals surface area contributed by atoms with Crippen LogP contribution in [0.3, 0.4) is 0 Å². The first-order valence-electron chi connectivity index (χ1n) is 8.53. The van der Waals surface area contributed by atoms with Crippen LogP contribution >= 0.6 is 0 Å². The molecule has 0 bridgehead atoms. The highest BCUT2D eigenvalue weighted by molar-refractivity contribution is 5.80. The van der Waals surface area contributed by atoms with Crippen LogP contribution in [0.5, 0.6) is 11.5 Å². The molecule has 0 saturated carbocycles. The molecule has 25 heavy (non-hydrogen) atoms. The lowest BCUT2D eigenvalue weighted by Crippen LogP contribution is -2.52. The monoisotopic (exact) mass is 339 g/mol. The summed E-state index contributed by atoms with van der Waals surface area (Å²) in [5.74, 6) is 1.59. The number of hydrogen-bond donors (Lipinski definition) is 0. The van der Waals surface area contributed by atoms with Gasteiger partial charge in [-0.2, -0.15) is 0 Å².